The minimum atomic E-state index is -0.389. The van der Waals surface area contributed by atoms with Gasteiger partial charge in [0, 0.05) is 18.6 Å². The molecule has 2 rings (SSSR count). The van der Waals surface area contributed by atoms with Crippen molar-refractivity contribution in [1.82, 2.24) is 5.43 Å². The number of hydrogen-bond acceptors (Lipinski definition) is 5. The van der Waals surface area contributed by atoms with Crippen LogP contribution in [0.25, 0.3) is 6.08 Å². The fourth-order valence-electron chi connectivity index (χ4n) is 2.13. The van der Waals surface area contributed by atoms with Gasteiger partial charge in [0.25, 0.3) is 5.91 Å². The van der Waals surface area contributed by atoms with Crippen molar-refractivity contribution in [2.75, 3.05) is 13.7 Å². The Morgan fingerprint density at radius 1 is 1.20 bits per heavy atom. The zero-order valence-electron chi connectivity index (χ0n) is 13.8. The largest absolute Gasteiger partial charge is 0.504 e. The van der Waals surface area contributed by atoms with Gasteiger partial charge in [0.05, 0.1) is 13.3 Å². The molecule has 0 aliphatic rings. The summed E-state index contributed by atoms with van der Waals surface area (Å²) < 4.78 is 5.01. The van der Waals surface area contributed by atoms with Gasteiger partial charge < -0.3 is 14.9 Å². The number of phenolic OH excluding ortho intramolecular Hbond substituents is 1. The molecule has 0 atom stereocenters. The number of methoxy groups -OCH3 is 1. The molecular weight excluding hydrogens is 320 g/mol. The number of carbonyl (C=O) groups excluding carboxylic acids is 1. The number of amides is 1. The van der Waals surface area contributed by atoms with Crippen LogP contribution in [0.5, 0.6) is 11.5 Å². The number of benzene rings is 2. The van der Waals surface area contributed by atoms with Crippen LogP contribution >= 0.6 is 0 Å². The Kier molecular flexibility index (Phi) is 6.74. The van der Waals surface area contributed by atoms with E-state index in [1.807, 2.05) is 30.3 Å². The van der Waals surface area contributed by atoms with Crippen LogP contribution in [0.1, 0.15) is 17.5 Å². The third-order valence-electron chi connectivity index (χ3n) is 3.40. The van der Waals surface area contributed by atoms with Crippen molar-refractivity contribution in [2.24, 2.45) is 5.10 Å². The highest BCUT2D eigenvalue weighted by atomic mass is 16.5. The lowest BCUT2D eigenvalue weighted by atomic mass is 10.1. The summed E-state index contributed by atoms with van der Waals surface area (Å²) >= 11 is 0. The van der Waals surface area contributed by atoms with Gasteiger partial charge in [-0.15, -0.1) is 0 Å². The maximum absolute atomic E-state index is 12.2. The van der Waals surface area contributed by atoms with Gasteiger partial charge in [0.1, 0.15) is 0 Å². The molecule has 0 aliphatic heterocycles. The molecule has 25 heavy (non-hydrogen) atoms. The average molecular weight is 340 g/mol. The predicted molar refractivity (Wildman–Crippen MR) is 96.5 cm³/mol. The second kappa shape index (κ2) is 9.24. The number of aliphatic hydroxyl groups is 1. The van der Waals surface area contributed by atoms with Crippen molar-refractivity contribution < 1.29 is 19.7 Å². The normalized spacial score (nSPS) is 11.5. The lowest BCUT2D eigenvalue weighted by Gasteiger charge is -2.05. The Balaban J connectivity index is 2.07. The summed E-state index contributed by atoms with van der Waals surface area (Å²) in [6, 6.07) is 14.1. The molecule has 130 valence electrons. The fraction of sp³-hybridized carbons (Fsp3) is 0.158. The molecule has 0 aromatic heterocycles. The Hall–Kier alpha value is -3.12. The topological polar surface area (TPSA) is 91.2 Å². The highest BCUT2D eigenvalue weighted by Gasteiger charge is 2.08. The number of nitrogens with zero attached hydrogens (tertiary/aromatic N) is 1. The Labute approximate surface area is 146 Å². The van der Waals surface area contributed by atoms with Crippen LogP contribution in [0.4, 0.5) is 0 Å². The quantitative estimate of drug-likeness (QED) is 0.410. The number of hydrogen-bond donors (Lipinski definition) is 3. The molecule has 2 aromatic carbocycles. The predicted octanol–water partition coefficient (Wildman–Crippen LogP) is 2.32. The minimum absolute atomic E-state index is 0.0275. The van der Waals surface area contributed by atoms with Crippen LogP contribution in [0.3, 0.4) is 0 Å². The van der Waals surface area contributed by atoms with Crippen molar-refractivity contribution in [3.05, 3.63) is 65.2 Å². The van der Waals surface area contributed by atoms with Crippen molar-refractivity contribution in [2.45, 2.75) is 6.42 Å². The molecule has 2 aromatic rings. The fourth-order valence-corrected chi connectivity index (χ4v) is 2.13. The molecule has 0 unspecified atom stereocenters. The number of carbonyl (C=O) groups is 1. The molecule has 0 heterocycles. The Morgan fingerprint density at radius 2 is 1.96 bits per heavy atom. The van der Waals surface area contributed by atoms with Crippen LogP contribution in [0.15, 0.2) is 59.2 Å². The van der Waals surface area contributed by atoms with Gasteiger partial charge >= 0.3 is 0 Å². The molecule has 0 spiro atoms. The maximum Gasteiger partial charge on any atom is 0.267 e. The van der Waals surface area contributed by atoms with Crippen LogP contribution in [-0.2, 0) is 4.79 Å². The number of aromatic hydroxyl groups is 1. The van der Waals surface area contributed by atoms with E-state index in [-0.39, 0.29) is 24.7 Å². The summed E-state index contributed by atoms with van der Waals surface area (Å²) in [6.45, 7) is -0.134. The highest BCUT2D eigenvalue weighted by Crippen LogP contribution is 2.25. The van der Waals surface area contributed by atoms with E-state index in [1.165, 1.54) is 19.4 Å². The number of rotatable bonds is 7. The molecule has 0 aliphatic carbocycles. The van der Waals surface area contributed by atoms with Crippen molar-refractivity contribution in [1.29, 1.82) is 0 Å². The minimum Gasteiger partial charge on any atom is -0.504 e. The lowest BCUT2D eigenvalue weighted by molar-refractivity contribution is -0.117. The number of aliphatic hydroxyl groups excluding tert-OH is 1. The third kappa shape index (κ3) is 5.47. The first-order valence-electron chi connectivity index (χ1n) is 7.71. The Bertz CT molecular complexity index is 770. The summed E-state index contributed by atoms with van der Waals surface area (Å²) in [6.07, 6.45) is 3.38. The van der Waals surface area contributed by atoms with Gasteiger partial charge in [0.2, 0.25) is 0 Å². The third-order valence-corrected chi connectivity index (χ3v) is 3.40. The molecule has 0 saturated carbocycles. The van der Waals surface area contributed by atoms with Crippen molar-refractivity contribution in [3.63, 3.8) is 0 Å². The van der Waals surface area contributed by atoms with E-state index >= 15 is 0 Å². The van der Waals surface area contributed by atoms with Crippen LogP contribution < -0.4 is 10.2 Å². The van der Waals surface area contributed by atoms with Gasteiger partial charge in [-0.2, -0.15) is 5.10 Å². The molecule has 6 nitrogen and oxygen atoms in total. The van der Waals surface area contributed by atoms with Gasteiger partial charge in [0.15, 0.2) is 11.5 Å². The van der Waals surface area contributed by atoms with Gasteiger partial charge in [-0.3, -0.25) is 4.79 Å². The average Bonchev–Trinajstić information content (AvgIpc) is 2.63. The standard InChI is InChI=1S/C19H20N2O4/c1-25-18-12-15(7-8-17(18)23)13-20-21-19(24)16(9-10-22)11-14-5-3-2-4-6-14/h2-8,11-13,22-23H,9-10H2,1H3,(H,21,24)/b16-11+,20-13+. The highest BCUT2D eigenvalue weighted by molar-refractivity contribution is 5.98. The molecule has 0 bridgehead atoms. The first kappa shape index (κ1) is 18.2. The summed E-state index contributed by atoms with van der Waals surface area (Å²) in [5.74, 6) is -0.0418. The SMILES string of the molecule is COc1cc(/C=N/NC(=O)/C(=C/c2ccccc2)CCO)ccc1O. The molecule has 3 N–H and O–H groups in total. The Morgan fingerprint density at radius 3 is 2.64 bits per heavy atom. The van der Waals surface area contributed by atoms with Crippen LogP contribution in [-0.4, -0.2) is 36.1 Å². The summed E-state index contributed by atoms with van der Waals surface area (Å²) in [5.41, 5.74) is 4.39. The number of phenols is 1. The first-order valence-corrected chi connectivity index (χ1v) is 7.71. The molecule has 0 radical (unpaired) electrons. The smallest absolute Gasteiger partial charge is 0.267 e. The van der Waals surface area contributed by atoms with Crippen molar-refractivity contribution >= 4 is 18.2 Å². The summed E-state index contributed by atoms with van der Waals surface area (Å²) in [4.78, 5) is 12.2. The monoisotopic (exact) mass is 340 g/mol. The zero-order valence-corrected chi connectivity index (χ0v) is 13.8. The molecule has 0 fully saturated rings. The zero-order chi connectivity index (χ0) is 18.1. The first-order chi connectivity index (χ1) is 12.1. The van der Waals surface area contributed by atoms with E-state index < -0.39 is 0 Å². The van der Waals surface area contributed by atoms with E-state index in [4.69, 9.17) is 9.84 Å². The maximum atomic E-state index is 12.2. The number of nitrogens with one attached hydrogen (secondary N) is 1. The van der Waals surface area contributed by atoms with Crippen molar-refractivity contribution in [3.8, 4) is 11.5 Å². The van der Waals surface area contributed by atoms with E-state index in [1.54, 1.807) is 18.2 Å². The number of ether oxygens (including phenoxy) is 1. The second-order valence-electron chi connectivity index (χ2n) is 5.18. The summed E-state index contributed by atoms with van der Waals surface area (Å²) in [5, 5.41) is 22.6. The molecular formula is C19H20N2O4. The lowest BCUT2D eigenvalue weighted by Crippen LogP contribution is -2.20. The van der Waals surface area contributed by atoms with Crippen LogP contribution in [0, 0.1) is 0 Å². The van der Waals surface area contributed by atoms with Gasteiger partial charge in [-0.25, -0.2) is 5.43 Å². The molecule has 6 heteroatoms. The van der Waals surface area contributed by atoms with E-state index in [9.17, 15) is 9.90 Å². The molecule has 1 amide bonds. The van der Waals surface area contributed by atoms with E-state index in [0.29, 0.717) is 16.9 Å². The summed E-state index contributed by atoms with van der Waals surface area (Å²) in [7, 11) is 1.45. The second-order valence-corrected chi connectivity index (χ2v) is 5.18. The van der Waals surface area contributed by atoms with Gasteiger partial charge in [-0.1, -0.05) is 30.3 Å². The van der Waals surface area contributed by atoms with E-state index in [0.717, 1.165) is 5.56 Å². The van der Waals surface area contributed by atoms with E-state index in [2.05, 4.69) is 10.5 Å². The molecule has 0 saturated heterocycles. The van der Waals surface area contributed by atoms with Crippen LogP contribution in [0.2, 0.25) is 0 Å². The van der Waals surface area contributed by atoms with Gasteiger partial charge in [-0.05, 0) is 35.4 Å². The number of hydrazone groups is 1.